The zero-order valence-electron chi connectivity index (χ0n) is 10.3. The second-order valence-corrected chi connectivity index (χ2v) is 4.76. The Labute approximate surface area is 121 Å². The number of benzene rings is 1. The highest BCUT2D eigenvalue weighted by atomic mass is 79.9. The number of rotatable bonds is 3. The van der Waals surface area contributed by atoms with Crippen molar-refractivity contribution in [3.63, 3.8) is 0 Å². The average molecular weight is 347 g/mol. The smallest absolute Gasteiger partial charge is 0.357 e. The number of halogens is 4. The third kappa shape index (κ3) is 3.60. The number of nitrogens with zero attached hydrogens (tertiary/aromatic N) is 2. The molecule has 0 fully saturated rings. The summed E-state index contributed by atoms with van der Waals surface area (Å²) in [5, 5.41) is 5.32. The van der Waals surface area contributed by atoms with E-state index in [2.05, 4.69) is 36.5 Å². The van der Waals surface area contributed by atoms with Crippen molar-refractivity contribution in [1.82, 2.24) is 9.97 Å². The summed E-state index contributed by atoms with van der Waals surface area (Å²) >= 11 is 3.28. The summed E-state index contributed by atoms with van der Waals surface area (Å²) < 4.78 is 39.0. The number of nitrogens with one attached hydrogen (secondary N) is 2. The summed E-state index contributed by atoms with van der Waals surface area (Å²) in [6.07, 6.45) is -4.53. The monoisotopic (exact) mass is 346 g/mol. The first kappa shape index (κ1) is 14.6. The molecule has 0 atom stereocenters. The van der Waals surface area contributed by atoms with Crippen LogP contribution in [-0.4, -0.2) is 17.0 Å². The van der Waals surface area contributed by atoms with Crippen molar-refractivity contribution in [2.45, 2.75) is 6.18 Å². The van der Waals surface area contributed by atoms with Crippen molar-refractivity contribution in [2.75, 3.05) is 17.7 Å². The summed E-state index contributed by atoms with van der Waals surface area (Å²) in [5.74, 6) is -0.0351. The van der Waals surface area contributed by atoms with E-state index in [0.29, 0.717) is 5.69 Å². The molecule has 20 heavy (non-hydrogen) atoms. The zero-order valence-corrected chi connectivity index (χ0v) is 11.9. The van der Waals surface area contributed by atoms with Gasteiger partial charge in [-0.3, -0.25) is 0 Å². The highest BCUT2D eigenvalue weighted by Gasteiger charge is 2.33. The van der Waals surface area contributed by atoms with Crippen LogP contribution in [0.15, 0.2) is 34.8 Å². The lowest BCUT2D eigenvalue weighted by Gasteiger charge is -2.11. The van der Waals surface area contributed by atoms with Crippen LogP contribution in [0.5, 0.6) is 0 Å². The van der Waals surface area contributed by atoms with E-state index in [1.54, 1.807) is 18.2 Å². The predicted octanol–water partition coefficient (Wildman–Crippen LogP) is 4.04. The molecule has 0 unspecified atom stereocenters. The molecule has 2 N–H and O–H groups in total. The number of aromatic nitrogens is 2. The van der Waals surface area contributed by atoms with E-state index in [-0.39, 0.29) is 11.8 Å². The van der Waals surface area contributed by atoms with Gasteiger partial charge in [0.15, 0.2) is 5.69 Å². The molecule has 0 aliphatic rings. The summed E-state index contributed by atoms with van der Waals surface area (Å²) in [7, 11) is 1.46. The molecule has 0 bridgehead atoms. The van der Waals surface area contributed by atoms with Gasteiger partial charge in [-0.1, -0.05) is 22.0 Å². The highest BCUT2D eigenvalue weighted by molar-refractivity contribution is 9.10. The molecule has 2 aromatic rings. The van der Waals surface area contributed by atoms with Gasteiger partial charge in [0.2, 0.25) is 5.95 Å². The van der Waals surface area contributed by atoms with Crippen LogP contribution in [0.4, 0.5) is 30.6 Å². The van der Waals surface area contributed by atoms with Crippen LogP contribution in [0.1, 0.15) is 5.69 Å². The Bertz CT molecular complexity index is 616. The van der Waals surface area contributed by atoms with Gasteiger partial charge < -0.3 is 10.6 Å². The molecule has 0 radical (unpaired) electrons. The van der Waals surface area contributed by atoms with Crippen LogP contribution in [0.25, 0.3) is 0 Å². The first-order valence-electron chi connectivity index (χ1n) is 5.55. The predicted molar refractivity (Wildman–Crippen MR) is 74.0 cm³/mol. The Hall–Kier alpha value is -1.83. The molecule has 8 heteroatoms. The van der Waals surface area contributed by atoms with Gasteiger partial charge in [-0.25, -0.2) is 4.98 Å². The van der Waals surface area contributed by atoms with E-state index in [9.17, 15) is 13.2 Å². The molecule has 0 amide bonds. The molecule has 0 saturated heterocycles. The van der Waals surface area contributed by atoms with Gasteiger partial charge in [-0.15, -0.1) is 0 Å². The van der Waals surface area contributed by atoms with Gasteiger partial charge in [-0.05, 0) is 18.2 Å². The number of alkyl halides is 3. The molecular formula is C12H10BrF3N4. The van der Waals surface area contributed by atoms with E-state index in [4.69, 9.17) is 0 Å². The number of hydrogen-bond donors (Lipinski definition) is 2. The molecule has 1 aromatic heterocycles. The SMILES string of the molecule is CNc1nc(Nc2cccc(Br)c2)cc(C(F)(F)F)n1. The molecule has 0 saturated carbocycles. The third-order valence-electron chi connectivity index (χ3n) is 2.34. The third-order valence-corrected chi connectivity index (χ3v) is 2.83. The van der Waals surface area contributed by atoms with Crippen LogP contribution in [0.3, 0.4) is 0 Å². The molecular weight excluding hydrogens is 337 g/mol. The Kier molecular flexibility index (Phi) is 4.12. The van der Waals surface area contributed by atoms with E-state index < -0.39 is 11.9 Å². The summed E-state index contributed by atoms with van der Waals surface area (Å²) in [5.41, 5.74) is -0.386. The minimum atomic E-state index is -4.53. The summed E-state index contributed by atoms with van der Waals surface area (Å²) in [6.45, 7) is 0. The normalized spacial score (nSPS) is 11.2. The maximum absolute atomic E-state index is 12.7. The Balaban J connectivity index is 2.36. The highest BCUT2D eigenvalue weighted by Crippen LogP contribution is 2.30. The van der Waals surface area contributed by atoms with Crippen molar-refractivity contribution in [3.8, 4) is 0 Å². The molecule has 1 aromatic carbocycles. The average Bonchev–Trinajstić information content (AvgIpc) is 2.37. The van der Waals surface area contributed by atoms with E-state index in [1.807, 2.05) is 6.07 Å². The second kappa shape index (κ2) is 5.66. The molecule has 0 aliphatic carbocycles. The molecule has 106 valence electrons. The van der Waals surface area contributed by atoms with E-state index >= 15 is 0 Å². The van der Waals surface area contributed by atoms with Gasteiger partial charge >= 0.3 is 6.18 Å². The molecule has 2 rings (SSSR count). The van der Waals surface area contributed by atoms with Crippen molar-refractivity contribution in [3.05, 3.63) is 40.5 Å². The molecule has 0 spiro atoms. The molecule has 0 aliphatic heterocycles. The van der Waals surface area contributed by atoms with Crippen molar-refractivity contribution < 1.29 is 13.2 Å². The van der Waals surface area contributed by atoms with E-state index in [1.165, 1.54) is 7.05 Å². The first-order chi connectivity index (χ1) is 9.38. The minimum Gasteiger partial charge on any atom is -0.357 e. The Morgan fingerprint density at radius 2 is 1.90 bits per heavy atom. The summed E-state index contributed by atoms with van der Waals surface area (Å²) in [6, 6.07) is 7.89. The van der Waals surface area contributed by atoms with Gasteiger partial charge in [0.1, 0.15) is 5.82 Å². The molecule has 4 nitrogen and oxygen atoms in total. The van der Waals surface area contributed by atoms with Crippen LogP contribution in [0, 0.1) is 0 Å². The topological polar surface area (TPSA) is 49.8 Å². The fourth-order valence-electron chi connectivity index (χ4n) is 1.48. The minimum absolute atomic E-state index is 0.0646. The number of anilines is 3. The molecule has 1 heterocycles. The number of hydrogen-bond acceptors (Lipinski definition) is 4. The summed E-state index contributed by atoms with van der Waals surface area (Å²) in [4.78, 5) is 7.33. The van der Waals surface area contributed by atoms with Crippen molar-refractivity contribution >= 4 is 33.4 Å². The lowest BCUT2D eigenvalue weighted by molar-refractivity contribution is -0.141. The Morgan fingerprint density at radius 1 is 1.15 bits per heavy atom. The first-order valence-corrected chi connectivity index (χ1v) is 6.34. The lowest BCUT2D eigenvalue weighted by Crippen LogP contribution is -2.12. The van der Waals surface area contributed by atoms with Crippen LogP contribution in [0.2, 0.25) is 0 Å². The fourth-order valence-corrected chi connectivity index (χ4v) is 1.88. The second-order valence-electron chi connectivity index (χ2n) is 3.85. The van der Waals surface area contributed by atoms with Crippen LogP contribution < -0.4 is 10.6 Å². The quantitative estimate of drug-likeness (QED) is 0.880. The largest absolute Gasteiger partial charge is 0.433 e. The van der Waals surface area contributed by atoms with Gasteiger partial charge in [-0.2, -0.15) is 18.2 Å². The van der Waals surface area contributed by atoms with Gasteiger partial charge in [0, 0.05) is 23.3 Å². The lowest BCUT2D eigenvalue weighted by atomic mass is 10.3. The van der Waals surface area contributed by atoms with Crippen molar-refractivity contribution in [1.29, 1.82) is 0 Å². The standard InChI is InChI=1S/C12H10BrF3N4/c1-17-11-19-9(12(14,15)16)6-10(20-11)18-8-4-2-3-7(13)5-8/h2-6H,1H3,(H2,17,18,19,20). The zero-order chi connectivity index (χ0) is 14.8. The fraction of sp³-hybridized carbons (Fsp3) is 0.167. The van der Waals surface area contributed by atoms with Crippen molar-refractivity contribution in [2.24, 2.45) is 0 Å². The maximum atomic E-state index is 12.7. The van der Waals surface area contributed by atoms with Gasteiger partial charge in [0.25, 0.3) is 0 Å². The maximum Gasteiger partial charge on any atom is 0.433 e. The Morgan fingerprint density at radius 3 is 2.50 bits per heavy atom. The van der Waals surface area contributed by atoms with Crippen LogP contribution in [-0.2, 0) is 6.18 Å². The van der Waals surface area contributed by atoms with Gasteiger partial charge in [0.05, 0.1) is 0 Å². The van der Waals surface area contributed by atoms with E-state index in [0.717, 1.165) is 10.5 Å². The van der Waals surface area contributed by atoms with Crippen LogP contribution >= 0.6 is 15.9 Å².